The number of hydrazine groups is 1. The number of pyridine rings is 1. The summed E-state index contributed by atoms with van der Waals surface area (Å²) in [7, 11) is 0. The molecule has 3 aromatic carbocycles. The molecule has 2 amide bonds. The van der Waals surface area contributed by atoms with Crippen LogP contribution in [0.3, 0.4) is 0 Å². The Kier molecular flexibility index (Phi) is 6.81. The Labute approximate surface area is 207 Å². The highest BCUT2D eigenvalue weighted by Gasteiger charge is 2.30. The molecule has 0 unspecified atom stereocenters. The molecule has 0 saturated heterocycles. The molecule has 0 saturated carbocycles. The molecule has 4 aromatic rings. The van der Waals surface area contributed by atoms with E-state index < -0.39 is 23.6 Å². The minimum atomic E-state index is -4.49. The molecule has 11 heteroatoms. The largest absolute Gasteiger partial charge is 0.416 e. The number of para-hydroxylation sites is 1. The van der Waals surface area contributed by atoms with Gasteiger partial charge in [0.25, 0.3) is 11.8 Å². The molecule has 178 valence electrons. The van der Waals surface area contributed by atoms with Crippen LogP contribution in [0.1, 0.15) is 26.3 Å². The molecule has 0 radical (unpaired) electrons. The second kappa shape index (κ2) is 9.81. The Bertz CT molecular complexity index is 1410. The van der Waals surface area contributed by atoms with Crippen molar-refractivity contribution in [3.63, 3.8) is 0 Å². The summed E-state index contributed by atoms with van der Waals surface area (Å²) in [6.45, 7) is 0. The molecule has 1 aromatic heterocycles. The molecular formula is C24H15Cl2F3N4O2. The molecule has 0 aliphatic carbocycles. The zero-order valence-electron chi connectivity index (χ0n) is 17.6. The van der Waals surface area contributed by atoms with E-state index in [1.807, 2.05) is 0 Å². The van der Waals surface area contributed by atoms with E-state index >= 15 is 0 Å². The lowest BCUT2D eigenvalue weighted by Gasteiger charge is -2.14. The lowest BCUT2D eigenvalue weighted by molar-refractivity contribution is -0.137. The van der Waals surface area contributed by atoms with Gasteiger partial charge >= 0.3 is 6.18 Å². The molecule has 0 spiro atoms. The van der Waals surface area contributed by atoms with E-state index in [0.29, 0.717) is 22.3 Å². The molecular weight excluding hydrogens is 504 g/mol. The fourth-order valence-corrected chi connectivity index (χ4v) is 3.86. The Balaban J connectivity index is 1.54. The minimum Gasteiger partial charge on any atom is -0.320 e. The first-order chi connectivity index (χ1) is 16.6. The van der Waals surface area contributed by atoms with Crippen molar-refractivity contribution in [2.24, 2.45) is 0 Å². The number of amides is 2. The second-order valence-electron chi connectivity index (χ2n) is 7.27. The van der Waals surface area contributed by atoms with Crippen LogP contribution in [0.2, 0.25) is 10.0 Å². The van der Waals surface area contributed by atoms with Crippen molar-refractivity contribution < 1.29 is 22.8 Å². The molecule has 6 nitrogen and oxygen atoms in total. The van der Waals surface area contributed by atoms with Crippen LogP contribution >= 0.6 is 23.2 Å². The number of rotatable bonds is 5. The van der Waals surface area contributed by atoms with E-state index in [9.17, 15) is 22.8 Å². The fourth-order valence-electron chi connectivity index (χ4n) is 3.29. The van der Waals surface area contributed by atoms with Crippen molar-refractivity contribution in [2.75, 3.05) is 10.7 Å². The third kappa shape index (κ3) is 5.31. The van der Waals surface area contributed by atoms with Gasteiger partial charge in [0.05, 0.1) is 38.1 Å². The average Bonchev–Trinajstić information content (AvgIpc) is 2.82. The van der Waals surface area contributed by atoms with Gasteiger partial charge in [0, 0.05) is 17.1 Å². The predicted molar refractivity (Wildman–Crippen MR) is 129 cm³/mol. The zero-order chi connectivity index (χ0) is 25.2. The number of hydrogen-bond acceptors (Lipinski definition) is 4. The third-order valence-electron chi connectivity index (χ3n) is 4.99. The number of anilines is 2. The number of carbonyl (C=O) groups excluding carboxylic acids is 2. The molecule has 0 aliphatic heterocycles. The fraction of sp³-hybridized carbons (Fsp3) is 0.0417. The van der Waals surface area contributed by atoms with Crippen molar-refractivity contribution in [1.29, 1.82) is 0 Å². The van der Waals surface area contributed by atoms with Gasteiger partial charge in [-0.2, -0.15) is 13.2 Å². The normalized spacial score (nSPS) is 11.2. The van der Waals surface area contributed by atoms with Gasteiger partial charge in [-0.25, -0.2) is 0 Å². The van der Waals surface area contributed by atoms with Gasteiger partial charge in [-0.05, 0) is 48.5 Å². The Morgan fingerprint density at radius 3 is 2.11 bits per heavy atom. The van der Waals surface area contributed by atoms with Crippen molar-refractivity contribution in [3.05, 3.63) is 99.7 Å². The maximum atomic E-state index is 12.8. The van der Waals surface area contributed by atoms with Crippen LogP contribution in [-0.2, 0) is 6.18 Å². The molecule has 0 fully saturated rings. The number of nitrogens with zero attached hydrogens (tertiary/aromatic N) is 1. The van der Waals surface area contributed by atoms with Gasteiger partial charge in [0.2, 0.25) is 0 Å². The van der Waals surface area contributed by atoms with Gasteiger partial charge in [-0.1, -0.05) is 41.4 Å². The van der Waals surface area contributed by atoms with Crippen molar-refractivity contribution in [2.45, 2.75) is 6.18 Å². The summed E-state index contributed by atoms with van der Waals surface area (Å²) in [5.41, 5.74) is 5.73. The first kappa shape index (κ1) is 24.3. The second-order valence-corrected chi connectivity index (χ2v) is 8.08. The summed E-state index contributed by atoms with van der Waals surface area (Å²) in [5.74, 6) is -1.16. The predicted octanol–water partition coefficient (Wildman–Crippen LogP) is 6.57. The molecule has 3 N–H and O–H groups in total. The van der Waals surface area contributed by atoms with E-state index in [1.54, 1.807) is 42.5 Å². The number of aromatic nitrogens is 1. The van der Waals surface area contributed by atoms with Crippen LogP contribution in [-0.4, -0.2) is 16.8 Å². The molecule has 35 heavy (non-hydrogen) atoms. The molecule has 4 rings (SSSR count). The number of alkyl halides is 3. The van der Waals surface area contributed by atoms with Crippen LogP contribution < -0.4 is 16.2 Å². The summed E-state index contributed by atoms with van der Waals surface area (Å²) in [6.07, 6.45) is -3.03. The van der Waals surface area contributed by atoms with Crippen LogP contribution in [0.5, 0.6) is 0 Å². The monoisotopic (exact) mass is 518 g/mol. The molecule has 0 atom stereocenters. The van der Waals surface area contributed by atoms with Crippen molar-refractivity contribution in [3.8, 4) is 0 Å². The standard InChI is InChI=1S/C24H15Cl2F3N4O2/c25-16-4-2-5-17(26)20(16)23(35)31-19-6-1-3-15-18(11-12-30-21(15)19)32-33-22(34)13-7-9-14(10-8-13)24(27,28)29/h1-12H,(H,30,32)(H,31,35)(H,33,34). The highest BCUT2D eigenvalue weighted by Crippen LogP contribution is 2.30. The maximum absolute atomic E-state index is 12.8. The van der Waals surface area contributed by atoms with Crippen LogP contribution in [0, 0.1) is 0 Å². The summed E-state index contributed by atoms with van der Waals surface area (Å²) in [6, 6.07) is 15.2. The van der Waals surface area contributed by atoms with Crippen molar-refractivity contribution in [1.82, 2.24) is 10.4 Å². The highest BCUT2D eigenvalue weighted by atomic mass is 35.5. The first-order valence-electron chi connectivity index (χ1n) is 10.0. The Hall–Kier alpha value is -3.82. The van der Waals surface area contributed by atoms with Gasteiger partial charge in [-0.15, -0.1) is 0 Å². The number of nitrogens with one attached hydrogen (secondary N) is 3. The Morgan fingerprint density at radius 1 is 0.800 bits per heavy atom. The zero-order valence-corrected chi connectivity index (χ0v) is 19.1. The quantitative estimate of drug-likeness (QED) is 0.261. The number of carbonyl (C=O) groups is 2. The van der Waals surface area contributed by atoms with Crippen LogP contribution in [0.15, 0.2) is 72.9 Å². The van der Waals surface area contributed by atoms with Gasteiger partial charge < -0.3 is 5.32 Å². The number of benzene rings is 3. The lowest BCUT2D eigenvalue weighted by Crippen LogP contribution is -2.29. The van der Waals surface area contributed by atoms with E-state index in [4.69, 9.17) is 23.2 Å². The smallest absolute Gasteiger partial charge is 0.320 e. The van der Waals surface area contributed by atoms with Gasteiger partial charge in [0.1, 0.15) is 0 Å². The first-order valence-corrected chi connectivity index (χ1v) is 10.8. The third-order valence-corrected chi connectivity index (χ3v) is 5.62. The topological polar surface area (TPSA) is 83.1 Å². The maximum Gasteiger partial charge on any atom is 0.416 e. The van der Waals surface area contributed by atoms with E-state index in [0.717, 1.165) is 24.3 Å². The van der Waals surface area contributed by atoms with E-state index in [2.05, 4.69) is 21.2 Å². The summed E-state index contributed by atoms with van der Waals surface area (Å²) in [5, 5.41) is 3.68. The molecule has 1 heterocycles. The summed E-state index contributed by atoms with van der Waals surface area (Å²) < 4.78 is 38.2. The average molecular weight is 519 g/mol. The number of hydrogen-bond donors (Lipinski definition) is 3. The van der Waals surface area contributed by atoms with Gasteiger partial charge in [-0.3, -0.25) is 25.4 Å². The van der Waals surface area contributed by atoms with Crippen LogP contribution in [0.25, 0.3) is 10.9 Å². The van der Waals surface area contributed by atoms with Crippen molar-refractivity contribution >= 4 is 57.3 Å². The summed E-state index contributed by atoms with van der Waals surface area (Å²) >= 11 is 12.2. The minimum absolute atomic E-state index is 0.0356. The number of fused-ring (bicyclic) bond motifs is 1. The number of halogens is 5. The highest BCUT2D eigenvalue weighted by molar-refractivity contribution is 6.40. The van der Waals surface area contributed by atoms with Crippen LogP contribution in [0.4, 0.5) is 24.5 Å². The van der Waals surface area contributed by atoms with E-state index in [1.165, 1.54) is 6.20 Å². The Morgan fingerprint density at radius 2 is 1.46 bits per heavy atom. The summed E-state index contributed by atoms with van der Waals surface area (Å²) in [4.78, 5) is 29.5. The molecule has 0 aliphatic rings. The van der Waals surface area contributed by atoms with E-state index in [-0.39, 0.29) is 21.2 Å². The SMILES string of the molecule is O=C(NNc1ccnc2c(NC(=O)c3c(Cl)cccc3Cl)cccc12)c1ccc(C(F)(F)F)cc1. The molecule has 0 bridgehead atoms. The van der Waals surface area contributed by atoms with Gasteiger partial charge in [0.15, 0.2) is 0 Å². The lowest BCUT2D eigenvalue weighted by atomic mass is 10.1.